The molecule has 0 aliphatic carbocycles. The van der Waals surface area contributed by atoms with Gasteiger partial charge in [-0.1, -0.05) is 0 Å². The van der Waals surface area contributed by atoms with Crippen LogP contribution in [0.15, 0.2) is 11.9 Å². The first kappa shape index (κ1) is 21.7. The minimum Gasteiger partial charge on any atom is -0.245 e. The molecule has 0 fully saturated rings. The highest BCUT2D eigenvalue weighted by Gasteiger charge is 2.73. The van der Waals surface area contributed by atoms with Crippen molar-refractivity contribution in [2.45, 2.75) is 30.6 Å². The Labute approximate surface area is 115 Å². The lowest BCUT2D eigenvalue weighted by atomic mass is 10.5. The molecule has 16 heteroatoms. The van der Waals surface area contributed by atoms with E-state index in [0.717, 1.165) is 0 Å². The maximum absolute atomic E-state index is 13.0. The van der Waals surface area contributed by atoms with Gasteiger partial charge in [0.15, 0.2) is 0 Å². The number of rotatable bonds is 5. The highest BCUT2D eigenvalue weighted by atomic mass is 19.4. The van der Waals surface area contributed by atoms with Gasteiger partial charge < -0.3 is 0 Å². The molecule has 0 aromatic heterocycles. The molecule has 0 spiro atoms. The zero-order valence-corrected chi connectivity index (χ0v) is 9.61. The predicted molar refractivity (Wildman–Crippen MR) is 38.4 cm³/mol. The molecule has 2 nitrogen and oxygen atoms in total. The van der Waals surface area contributed by atoms with Gasteiger partial charge in [0, 0.05) is 0 Å². The smallest absolute Gasteiger partial charge is 0.245 e. The van der Waals surface area contributed by atoms with Crippen molar-refractivity contribution < 1.29 is 70.9 Å². The van der Waals surface area contributed by atoms with Crippen LogP contribution >= 0.6 is 0 Å². The molecule has 0 aliphatic rings. The second-order valence-electron chi connectivity index (χ2n) is 3.34. The molecule has 1 unspecified atom stereocenters. The Hall–Kier alpha value is -1.32. The molecule has 0 saturated heterocycles. The summed E-state index contributed by atoms with van der Waals surface area (Å²) in [5.74, 6) is -4.18. The summed E-state index contributed by atoms with van der Waals surface area (Å²) >= 11 is 0. The van der Waals surface area contributed by atoms with Crippen molar-refractivity contribution in [3.8, 4) is 0 Å². The standard InChI is InChI=1S/C7F14O2/c8-1(2(9)10)3(11,12)22-7(21,5(16,17)18)23-6(19,20)4(13,14)15. The zero-order chi connectivity index (χ0) is 19.1. The van der Waals surface area contributed by atoms with Crippen LogP contribution in [-0.4, -0.2) is 30.6 Å². The summed E-state index contributed by atoms with van der Waals surface area (Å²) in [6.07, 6.45) is -32.0. The molecule has 0 rings (SSSR count). The lowest BCUT2D eigenvalue weighted by Gasteiger charge is -2.33. The van der Waals surface area contributed by atoms with Crippen LogP contribution in [0.3, 0.4) is 0 Å². The summed E-state index contributed by atoms with van der Waals surface area (Å²) in [7, 11) is 0. The Morgan fingerprint density at radius 1 is 0.565 bits per heavy atom. The third-order valence-corrected chi connectivity index (χ3v) is 1.61. The average molecular weight is 382 g/mol. The Morgan fingerprint density at radius 3 is 1.22 bits per heavy atom. The van der Waals surface area contributed by atoms with Gasteiger partial charge in [-0.25, -0.2) is 9.47 Å². The molecule has 23 heavy (non-hydrogen) atoms. The maximum atomic E-state index is 13.0. The molecule has 0 heterocycles. The van der Waals surface area contributed by atoms with E-state index in [-0.39, 0.29) is 0 Å². The van der Waals surface area contributed by atoms with Crippen molar-refractivity contribution in [3.63, 3.8) is 0 Å². The van der Waals surface area contributed by atoms with Crippen LogP contribution in [0.2, 0.25) is 0 Å². The van der Waals surface area contributed by atoms with Gasteiger partial charge >= 0.3 is 36.7 Å². The summed E-state index contributed by atoms with van der Waals surface area (Å²) in [6, 6.07) is -7.00. The molecular formula is C7F14O2. The number of hydrogen-bond donors (Lipinski definition) is 0. The molecule has 0 radical (unpaired) electrons. The topological polar surface area (TPSA) is 18.5 Å². The minimum absolute atomic E-state index is 1.53. The lowest BCUT2D eigenvalue weighted by molar-refractivity contribution is -0.552. The van der Waals surface area contributed by atoms with Gasteiger partial charge in [-0.2, -0.15) is 61.5 Å². The van der Waals surface area contributed by atoms with E-state index < -0.39 is 42.5 Å². The fraction of sp³-hybridized carbons (Fsp3) is 0.714. The Balaban J connectivity index is 5.87. The van der Waals surface area contributed by atoms with Gasteiger partial charge in [-0.05, 0) is 0 Å². The summed E-state index contributed by atoms with van der Waals surface area (Å²) in [6.45, 7) is 0. The second kappa shape index (κ2) is 5.95. The van der Waals surface area contributed by atoms with Crippen molar-refractivity contribution >= 4 is 0 Å². The monoisotopic (exact) mass is 382 g/mol. The molecule has 0 N–H and O–H groups in total. The van der Waals surface area contributed by atoms with Crippen LogP contribution in [-0.2, 0) is 9.47 Å². The fourth-order valence-electron chi connectivity index (χ4n) is 0.679. The summed E-state index contributed by atoms with van der Waals surface area (Å²) < 4.78 is 172. The SMILES string of the molecule is FC(F)=C(F)C(F)(F)OC(F)(OC(F)(F)C(F)(F)F)C(F)(F)F. The van der Waals surface area contributed by atoms with E-state index >= 15 is 0 Å². The van der Waals surface area contributed by atoms with Gasteiger partial charge in [0.05, 0.1) is 0 Å². The van der Waals surface area contributed by atoms with E-state index in [9.17, 15) is 61.5 Å². The van der Waals surface area contributed by atoms with Gasteiger partial charge in [0.2, 0.25) is 0 Å². The second-order valence-corrected chi connectivity index (χ2v) is 3.34. The molecule has 0 aromatic rings. The van der Waals surface area contributed by atoms with E-state index in [1.807, 2.05) is 0 Å². The molecule has 0 amide bonds. The molecule has 138 valence electrons. The molecule has 0 aromatic carbocycles. The Bertz CT molecular complexity index is 457. The molecule has 0 saturated carbocycles. The molecular weight excluding hydrogens is 382 g/mol. The van der Waals surface area contributed by atoms with Crippen LogP contribution in [0.5, 0.6) is 0 Å². The van der Waals surface area contributed by atoms with Crippen molar-refractivity contribution in [1.29, 1.82) is 0 Å². The summed E-state index contributed by atoms with van der Waals surface area (Å²) in [5.41, 5.74) is 0. The third-order valence-electron chi connectivity index (χ3n) is 1.61. The van der Waals surface area contributed by atoms with Gasteiger partial charge in [-0.15, -0.1) is 0 Å². The van der Waals surface area contributed by atoms with Crippen LogP contribution in [0.4, 0.5) is 61.5 Å². The van der Waals surface area contributed by atoms with Crippen molar-refractivity contribution in [2.75, 3.05) is 0 Å². The maximum Gasteiger partial charge on any atom is 0.483 e. The van der Waals surface area contributed by atoms with Crippen LogP contribution in [0.25, 0.3) is 0 Å². The van der Waals surface area contributed by atoms with E-state index in [0.29, 0.717) is 0 Å². The third kappa shape index (κ3) is 4.82. The first-order valence-corrected chi connectivity index (χ1v) is 4.46. The van der Waals surface area contributed by atoms with Crippen molar-refractivity contribution in [3.05, 3.63) is 11.9 Å². The Kier molecular flexibility index (Phi) is 5.61. The molecule has 0 bridgehead atoms. The first-order chi connectivity index (χ1) is 9.77. The molecule has 1 atom stereocenters. The van der Waals surface area contributed by atoms with Crippen molar-refractivity contribution in [1.82, 2.24) is 0 Å². The quantitative estimate of drug-likeness (QED) is 0.491. The minimum atomic E-state index is -7.20. The highest BCUT2D eigenvalue weighted by molar-refractivity contribution is 5.00. The molecule has 0 aliphatic heterocycles. The number of hydrogen-bond acceptors (Lipinski definition) is 2. The average Bonchev–Trinajstić information content (AvgIpc) is 2.22. The van der Waals surface area contributed by atoms with Crippen LogP contribution < -0.4 is 0 Å². The lowest BCUT2D eigenvalue weighted by Crippen LogP contribution is -2.56. The summed E-state index contributed by atoms with van der Waals surface area (Å²) in [4.78, 5) is 0. The van der Waals surface area contributed by atoms with Gasteiger partial charge in [0.1, 0.15) is 0 Å². The van der Waals surface area contributed by atoms with Crippen LogP contribution in [0.1, 0.15) is 0 Å². The largest absolute Gasteiger partial charge is 0.483 e. The zero-order valence-electron chi connectivity index (χ0n) is 9.61. The van der Waals surface area contributed by atoms with E-state index in [2.05, 4.69) is 0 Å². The van der Waals surface area contributed by atoms with Gasteiger partial charge in [-0.3, -0.25) is 0 Å². The van der Waals surface area contributed by atoms with Gasteiger partial charge in [0.25, 0.3) is 5.83 Å². The summed E-state index contributed by atoms with van der Waals surface area (Å²) in [5, 5.41) is 0. The number of halogens is 14. The normalized spacial score (nSPS) is 17.0. The first-order valence-electron chi connectivity index (χ1n) is 4.46. The number of ether oxygens (including phenoxy) is 2. The van der Waals surface area contributed by atoms with E-state index in [1.165, 1.54) is 4.74 Å². The van der Waals surface area contributed by atoms with Crippen molar-refractivity contribution in [2.24, 2.45) is 0 Å². The predicted octanol–water partition coefficient (Wildman–Crippen LogP) is 5.03. The van der Waals surface area contributed by atoms with E-state index in [4.69, 9.17) is 0 Å². The Morgan fingerprint density at radius 2 is 0.957 bits per heavy atom. The number of alkyl halides is 11. The highest BCUT2D eigenvalue weighted by Crippen LogP contribution is 2.49. The fourth-order valence-corrected chi connectivity index (χ4v) is 0.679. The van der Waals surface area contributed by atoms with E-state index in [1.54, 1.807) is 4.74 Å². The van der Waals surface area contributed by atoms with Crippen LogP contribution in [0, 0.1) is 0 Å².